The molecule has 2 aliphatic heterocycles. The van der Waals surface area contributed by atoms with Gasteiger partial charge in [-0.2, -0.15) is 0 Å². The van der Waals surface area contributed by atoms with Crippen LogP contribution in [0.25, 0.3) is 0 Å². The van der Waals surface area contributed by atoms with Crippen LogP contribution in [0.1, 0.15) is 51.0 Å². The number of piperidine rings is 1. The summed E-state index contributed by atoms with van der Waals surface area (Å²) in [6.07, 6.45) is 4.94. The van der Waals surface area contributed by atoms with Crippen molar-refractivity contribution in [1.29, 1.82) is 0 Å². The van der Waals surface area contributed by atoms with E-state index in [9.17, 15) is 0 Å². The van der Waals surface area contributed by atoms with E-state index in [0.717, 1.165) is 18.4 Å². The van der Waals surface area contributed by atoms with Crippen LogP contribution >= 0.6 is 11.6 Å². The second kappa shape index (κ2) is 5.25. The number of nitrogens with zero attached hydrogens (tertiary/aromatic N) is 2. The molecule has 5 heteroatoms. The first kappa shape index (κ1) is 13.1. The largest absolute Gasteiger partial charge is 0.473 e. The van der Waals surface area contributed by atoms with Crippen LogP contribution in [-0.2, 0) is 0 Å². The molecule has 0 spiro atoms. The number of hydrogen-bond acceptors (Lipinski definition) is 4. The number of halogens is 1. The highest BCUT2D eigenvalue weighted by molar-refractivity contribution is 6.30. The third kappa shape index (κ3) is 2.84. The molecular formula is C14H20ClN3O. The second-order valence-electron chi connectivity index (χ2n) is 5.93. The Kier molecular flexibility index (Phi) is 3.63. The summed E-state index contributed by atoms with van der Waals surface area (Å²) in [5, 5.41) is 12.1. The van der Waals surface area contributed by atoms with Gasteiger partial charge >= 0.3 is 0 Å². The van der Waals surface area contributed by atoms with Gasteiger partial charge in [-0.25, -0.2) is 0 Å². The number of hydrogen-bond donors (Lipinski definition) is 1. The van der Waals surface area contributed by atoms with Crippen molar-refractivity contribution >= 4 is 11.6 Å². The minimum absolute atomic E-state index is 0.259. The third-order valence-corrected chi connectivity index (χ3v) is 4.39. The number of fused-ring (bicyclic) bond motifs is 2. The molecule has 0 radical (unpaired) electrons. The minimum Gasteiger partial charge on any atom is -0.473 e. The Morgan fingerprint density at radius 2 is 1.95 bits per heavy atom. The summed E-state index contributed by atoms with van der Waals surface area (Å²) in [5.74, 6) is 0.939. The molecule has 1 N–H and O–H groups in total. The van der Waals surface area contributed by atoms with Crippen LogP contribution in [0, 0.1) is 0 Å². The topological polar surface area (TPSA) is 47.0 Å². The van der Waals surface area contributed by atoms with Gasteiger partial charge < -0.3 is 10.1 Å². The molecular weight excluding hydrogens is 262 g/mol. The zero-order valence-electron chi connectivity index (χ0n) is 11.4. The third-order valence-electron chi connectivity index (χ3n) is 4.09. The SMILES string of the molecule is CC(C)c1cc(OC2C[C@H]3CC[C@@H](C2)N3)nnc1Cl. The highest BCUT2D eigenvalue weighted by atomic mass is 35.5. The molecule has 3 atom stereocenters. The average molecular weight is 282 g/mol. The zero-order valence-corrected chi connectivity index (χ0v) is 12.2. The van der Waals surface area contributed by atoms with Crippen LogP contribution in [0.15, 0.2) is 6.07 Å². The van der Waals surface area contributed by atoms with Gasteiger partial charge in [0.1, 0.15) is 6.10 Å². The van der Waals surface area contributed by atoms with Crippen LogP contribution in [0.4, 0.5) is 0 Å². The Labute approximate surface area is 118 Å². The van der Waals surface area contributed by atoms with Gasteiger partial charge in [0.25, 0.3) is 0 Å². The predicted octanol–water partition coefficient (Wildman–Crippen LogP) is 2.92. The molecule has 2 saturated heterocycles. The lowest BCUT2D eigenvalue weighted by Crippen LogP contribution is -2.42. The maximum atomic E-state index is 6.05. The van der Waals surface area contributed by atoms with E-state index in [1.54, 1.807) is 0 Å². The summed E-state index contributed by atoms with van der Waals surface area (Å²) in [7, 11) is 0. The molecule has 0 amide bonds. The normalized spacial score (nSPS) is 29.8. The van der Waals surface area contributed by atoms with E-state index in [-0.39, 0.29) is 6.10 Å². The number of rotatable bonds is 3. The van der Waals surface area contributed by atoms with Gasteiger partial charge in [-0.15, -0.1) is 10.2 Å². The van der Waals surface area contributed by atoms with E-state index in [0.29, 0.717) is 29.0 Å². The molecule has 3 rings (SSSR count). The molecule has 1 aromatic heterocycles. The molecule has 1 unspecified atom stereocenters. The monoisotopic (exact) mass is 281 g/mol. The highest BCUT2D eigenvalue weighted by Crippen LogP contribution is 2.30. The minimum atomic E-state index is 0.259. The van der Waals surface area contributed by atoms with Crippen molar-refractivity contribution in [2.45, 2.75) is 63.6 Å². The predicted molar refractivity (Wildman–Crippen MR) is 74.7 cm³/mol. The van der Waals surface area contributed by atoms with Gasteiger partial charge in [0.2, 0.25) is 5.88 Å². The van der Waals surface area contributed by atoms with Gasteiger partial charge in [-0.3, -0.25) is 0 Å². The first-order valence-electron chi connectivity index (χ1n) is 7.07. The lowest BCUT2D eigenvalue weighted by Gasteiger charge is -2.29. The molecule has 104 valence electrons. The maximum absolute atomic E-state index is 6.05. The molecule has 0 aliphatic carbocycles. The molecule has 2 fully saturated rings. The van der Waals surface area contributed by atoms with Crippen LogP contribution in [0.2, 0.25) is 5.15 Å². The summed E-state index contributed by atoms with van der Waals surface area (Å²) in [5.41, 5.74) is 1.00. The van der Waals surface area contributed by atoms with Gasteiger partial charge in [0, 0.05) is 18.2 Å². The summed E-state index contributed by atoms with van der Waals surface area (Å²) in [6.45, 7) is 4.19. The van der Waals surface area contributed by atoms with E-state index in [1.807, 2.05) is 6.07 Å². The molecule has 0 saturated carbocycles. The van der Waals surface area contributed by atoms with Crippen molar-refractivity contribution < 1.29 is 4.74 Å². The van der Waals surface area contributed by atoms with Crippen molar-refractivity contribution in [3.8, 4) is 5.88 Å². The molecule has 2 bridgehead atoms. The van der Waals surface area contributed by atoms with E-state index in [4.69, 9.17) is 16.3 Å². The maximum Gasteiger partial charge on any atom is 0.234 e. The number of aromatic nitrogens is 2. The van der Waals surface area contributed by atoms with Crippen molar-refractivity contribution in [1.82, 2.24) is 15.5 Å². The molecule has 4 nitrogen and oxygen atoms in total. The summed E-state index contributed by atoms with van der Waals surface area (Å²) in [6, 6.07) is 3.17. The molecule has 1 aromatic rings. The summed E-state index contributed by atoms with van der Waals surface area (Å²) < 4.78 is 6.01. The summed E-state index contributed by atoms with van der Waals surface area (Å²) in [4.78, 5) is 0. The first-order valence-corrected chi connectivity index (χ1v) is 7.45. The Hall–Kier alpha value is -0.870. The lowest BCUT2D eigenvalue weighted by molar-refractivity contribution is 0.130. The van der Waals surface area contributed by atoms with Crippen molar-refractivity contribution in [2.75, 3.05) is 0 Å². The fraction of sp³-hybridized carbons (Fsp3) is 0.714. The van der Waals surface area contributed by atoms with Crippen LogP contribution in [0.3, 0.4) is 0 Å². The molecule has 0 aromatic carbocycles. The Morgan fingerprint density at radius 1 is 1.26 bits per heavy atom. The molecule has 3 heterocycles. The van der Waals surface area contributed by atoms with E-state index >= 15 is 0 Å². The van der Waals surface area contributed by atoms with E-state index < -0.39 is 0 Å². The van der Waals surface area contributed by atoms with Crippen LogP contribution in [0.5, 0.6) is 5.88 Å². The van der Waals surface area contributed by atoms with E-state index in [1.165, 1.54) is 12.8 Å². The van der Waals surface area contributed by atoms with Gasteiger partial charge in [-0.05, 0) is 37.2 Å². The Bertz CT molecular complexity index is 454. The second-order valence-corrected chi connectivity index (χ2v) is 6.29. The van der Waals surface area contributed by atoms with Crippen molar-refractivity contribution in [2.24, 2.45) is 0 Å². The molecule has 19 heavy (non-hydrogen) atoms. The van der Waals surface area contributed by atoms with Crippen molar-refractivity contribution in [3.63, 3.8) is 0 Å². The van der Waals surface area contributed by atoms with Gasteiger partial charge in [0.15, 0.2) is 5.15 Å². The first-order chi connectivity index (χ1) is 9.11. The zero-order chi connectivity index (χ0) is 13.4. The standard InChI is InChI=1S/C14H20ClN3O/c1-8(2)12-7-13(17-18-14(12)15)19-11-5-9-3-4-10(6-11)16-9/h7-11,16H,3-6H2,1-2H3/t9-,10+,11?. The number of nitrogens with one attached hydrogen (secondary N) is 1. The van der Waals surface area contributed by atoms with Crippen LogP contribution in [-0.4, -0.2) is 28.4 Å². The van der Waals surface area contributed by atoms with Crippen LogP contribution < -0.4 is 10.1 Å². The quantitative estimate of drug-likeness (QED) is 0.925. The fourth-order valence-corrected chi connectivity index (χ4v) is 3.42. The molecule has 2 aliphatic rings. The van der Waals surface area contributed by atoms with Gasteiger partial charge in [-0.1, -0.05) is 25.4 Å². The highest BCUT2D eigenvalue weighted by Gasteiger charge is 2.34. The summed E-state index contributed by atoms with van der Waals surface area (Å²) >= 11 is 6.05. The van der Waals surface area contributed by atoms with E-state index in [2.05, 4.69) is 29.4 Å². The lowest BCUT2D eigenvalue weighted by atomic mass is 10.0. The Morgan fingerprint density at radius 3 is 2.58 bits per heavy atom. The Balaban J connectivity index is 1.71. The van der Waals surface area contributed by atoms with Crippen molar-refractivity contribution in [3.05, 3.63) is 16.8 Å². The van der Waals surface area contributed by atoms with Gasteiger partial charge in [0.05, 0.1) is 0 Å². The fourth-order valence-electron chi connectivity index (χ4n) is 3.11. The smallest absolute Gasteiger partial charge is 0.234 e. The average Bonchev–Trinajstić information content (AvgIpc) is 2.71. The number of ether oxygens (including phenoxy) is 1.